The van der Waals surface area contributed by atoms with Crippen LogP contribution in [-0.2, 0) is 11.4 Å². The van der Waals surface area contributed by atoms with Crippen molar-refractivity contribution < 1.29 is 14.3 Å². The number of para-hydroxylation sites is 1. The molecule has 0 radical (unpaired) electrons. The molecule has 0 aliphatic carbocycles. The summed E-state index contributed by atoms with van der Waals surface area (Å²) in [4.78, 5) is 33.8. The molecule has 1 aliphatic heterocycles. The van der Waals surface area contributed by atoms with Crippen LogP contribution in [0.15, 0.2) is 141 Å². The fourth-order valence-electron chi connectivity index (χ4n) is 5.98. The van der Waals surface area contributed by atoms with Crippen molar-refractivity contribution in [1.82, 2.24) is 4.57 Å². The van der Waals surface area contributed by atoms with Gasteiger partial charge in [0.05, 0.1) is 28.5 Å². The number of carbonyl (C=O) groups excluding carboxylic acids is 1. The van der Waals surface area contributed by atoms with Crippen LogP contribution in [0.5, 0.6) is 11.5 Å². The molecule has 7 rings (SSSR count). The Kier molecular flexibility index (Phi) is 9.28. The second-order valence-corrected chi connectivity index (χ2v) is 13.4. The maximum absolute atomic E-state index is 14.5. The van der Waals surface area contributed by atoms with E-state index in [1.54, 1.807) is 4.57 Å². The van der Waals surface area contributed by atoms with Crippen molar-refractivity contribution in [3.8, 4) is 11.5 Å². The number of hydrogen-bond donors (Lipinski definition) is 1. The van der Waals surface area contributed by atoms with Crippen LogP contribution in [-0.4, -0.2) is 17.1 Å². The first-order chi connectivity index (χ1) is 23.9. The van der Waals surface area contributed by atoms with E-state index in [2.05, 4.69) is 21.2 Å². The van der Waals surface area contributed by atoms with Gasteiger partial charge in [0.2, 0.25) is 0 Å². The van der Waals surface area contributed by atoms with Gasteiger partial charge in [-0.25, -0.2) is 4.99 Å². The Labute approximate surface area is 295 Å². The van der Waals surface area contributed by atoms with Gasteiger partial charge in [-0.1, -0.05) is 100 Å². The summed E-state index contributed by atoms with van der Waals surface area (Å²) in [7, 11) is 0. The van der Waals surface area contributed by atoms with Crippen LogP contribution in [0.4, 0.5) is 5.69 Å². The van der Waals surface area contributed by atoms with Gasteiger partial charge in [-0.2, -0.15) is 0 Å². The van der Waals surface area contributed by atoms with Gasteiger partial charge >= 0.3 is 0 Å². The van der Waals surface area contributed by atoms with Crippen LogP contribution >= 0.6 is 27.3 Å². The lowest BCUT2D eigenvalue weighted by Gasteiger charge is -2.25. The van der Waals surface area contributed by atoms with Crippen molar-refractivity contribution in [3.05, 3.63) is 167 Å². The topological polar surface area (TPSA) is 81.9 Å². The monoisotopic (exact) mass is 729 g/mol. The number of thiazole rings is 1. The first-order valence-corrected chi connectivity index (χ1v) is 17.5. The van der Waals surface area contributed by atoms with E-state index in [-0.39, 0.29) is 11.5 Å². The lowest BCUT2D eigenvalue weighted by atomic mass is 9.95. The molecule has 1 aliphatic rings. The van der Waals surface area contributed by atoms with Gasteiger partial charge < -0.3 is 14.8 Å². The number of halogens is 1. The van der Waals surface area contributed by atoms with E-state index in [0.29, 0.717) is 51.0 Å². The standard InChI is InChI=1S/C40H32BrN3O4S/c1-3-47-31-20-15-28(16-21-31)37-36(38(45)43-30-10-5-4-6-11-30)25(2)42-40-44(37)39(46)35(49-40)23-33-32-12-8-7-9-27(32)17-22-34(33)48-24-26-13-18-29(41)19-14-26/h4-23,37H,3,24H2,1-2H3,(H,43,45)/b35-23-/t37-/m1/s1. The number of rotatable bonds is 9. The summed E-state index contributed by atoms with van der Waals surface area (Å²) in [5.74, 6) is 1.05. The highest BCUT2D eigenvalue weighted by molar-refractivity contribution is 9.10. The molecular weight excluding hydrogens is 698 g/mol. The summed E-state index contributed by atoms with van der Waals surface area (Å²) >= 11 is 4.79. The number of hydrogen-bond acceptors (Lipinski definition) is 6. The summed E-state index contributed by atoms with van der Waals surface area (Å²) in [6, 6.07) is 36.1. The number of amides is 1. The van der Waals surface area contributed by atoms with Crippen molar-refractivity contribution in [3.63, 3.8) is 0 Å². The zero-order valence-electron chi connectivity index (χ0n) is 26.9. The van der Waals surface area contributed by atoms with Crippen LogP contribution in [0.3, 0.4) is 0 Å². The molecule has 1 N–H and O–H groups in total. The average molecular weight is 731 g/mol. The molecular formula is C40H32BrN3O4S. The van der Waals surface area contributed by atoms with Crippen LogP contribution < -0.4 is 29.7 Å². The first kappa shape index (κ1) is 32.3. The number of ether oxygens (including phenoxy) is 2. The Balaban J connectivity index is 1.36. The van der Waals surface area contributed by atoms with Crippen LogP contribution in [0, 0.1) is 0 Å². The van der Waals surface area contributed by atoms with Crippen molar-refractivity contribution >= 4 is 55.7 Å². The lowest BCUT2D eigenvalue weighted by Crippen LogP contribution is -2.40. The molecule has 49 heavy (non-hydrogen) atoms. The Morgan fingerprint density at radius 3 is 2.41 bits per heavy atom. The zero-order valence-corrected chi connectivity index (χ0v) is 29.3. The molecule has 0 bridgehead atoms. The molecule has 2 heterocycles. The van der Waals surface area contributed by atoms with Crippen molar-refractivity contribution in [2.45, 2.75) is 26.5 Å². The number of allylic oxidation sites excluding steroid dienone is 1. The summed E-state index contributed by atoms with van der Waals surface area (Å²) in [6.07, 6.45) is 1.89. The number of aromatic nitrogens is 1. The third-order valence-corrected chi connectivity index (χ3v) is 9.83. The number of nitrogens with one attached hydrogen (secondary N) is 1. The number of anilines is 1. The van der Waals surface area contributed by atoms with Gasteiger partial charge in [-0.05, 0) is 84.3 Å². The number of benzene rings is 5. The highest BCUT2D eigenvalue weighted by Crippen LogP contribution is 2.33. The van der Waals surface area contributed by atoms with E-state index in [1.165, 1.54) is 11.3 Å². The second-order valence-electron chi connectivity index (χ2n) is 11.5. The van der Waals surface area contributed by atoms with E-state index in [0.717, 1.165) is 31.9 Å². The minimum atomic E-state index is -0.710. The highest BCUT2D eigenvalue weighted by atomic mass is 79.9. The second kappa shape index (κ2) is 14.1. The van der Waals surface area contributed by atoms with Gasteiger partial charge in [-0.15, -0.1) is 0 Å². The van der Waals surface area contributed by atoms with E-state index in [9.17, 15) is 9.59 Å². The average Bonchev–Trinajstić information content (AvgIpc) is 3.42. The molecule has 244 valence electrons. The summed E-state index contributed by atoms with van der Waals surface area (Å²) < 4.78 is 15.2. The fraction of sp³-hybridized carbons (Fsp3) is 0.125. The predicted octanol–water partition coefficient (Wildman–Crippen LogP) is 7.77. The van der Waals surface area contributed by atoms with E-state index < -0.39 is 6.04 Å². The molecule has 1 amide bonds. The molecule has 0 fully saturated rings. The SMILES string of the molecule is CCOc1ccc([C@@H]2C(C(=O)Nc3ccccc3)=C(C)N=c3s/c(=C\c4c(OCc5ccc(Br)cc5)ccc5ccccc45)c(=O)n32)cc1. The van der Waals surface area contributed by atoms with Crippen LogP contribution in [0.1, 0.15) is 36.6 Å². The molecule has 5 aromatic carbocycles. The zero-order chi connectivity index (χ0) is 33.9. The van der Waals surface area contributed by atoms with E-state index in [1.807, 2.05) is 135 Å². The van der Waals surface area contributed by atoms with Gasteiger partial charge in [0.15, 0.2) is 4.80 Å². The summed E-state index contributed by atoms with van der Waals surface area (Å²) in [5.41, 5.74) is 3.95. The molecule has 0 unspecified atom stereocenters. The number of nitrogens with zero attached hydrogens (tertiary/aromatic N) is 2. The Morgan fingerprint density at radius 1 is 0.918 bits per heavy atom. The molecule has 6 aromatic rings. The molecule has 0 spiro atoms. The molecule has 1 atom stereocenters. The Bertz CT molecular complexity index is 2380. The third-order valence-electron chi connectivity index (χ3n) is 8.32. The van der Waals surface area contributed by atoms with Gasteiger partial charge in [0.1, 0.15) is 18.1 Å². The summed E-state index contributed by atoms with van der Waals surface area (Å²) in [6.45, 7) is 4.64. The van der Waals surface area contributed by atoms with Gasteiger partial charge in [0, 0.05) is 15.7 Å². The van der Waals surface area contributed by atoms with Crippen LogP contribution in [0.2, 0.25) is 0 Å². The lowest BCUT2D eigenvalue weighted by molar-refractivity contribution is -0.113. The molecule has 0 saturated heterocycles. The van der Waals surface area contributed by atoms with Gasteiger partial charge in [-0.3, -0.25) is 14.2 Å². The van der Waals surface area contributed by atoms with Gasteiger partial charge in [0.25, 0.3) is 11.5 Å². The smallest absolute Gasteiger partial charge is 0.271 e. The molecule has 7 nitrogen and oxygen atoms in total. The predicted molar refractivity (Wildman–Crippen MR) is 199 cm³/mol. The fourth-order valence-corrected chi connectivity index (χ4v) is 7.28. The number of fused-ring (bicyclic) bond motifs is 2. The third kappa shape index (κ3) is 6.72. The van der Waals surface area contributed by atoms with E-state index in [4.69, 9.17) is 14.5 Å². The number of carbonyl (C=O) groups is 1. The highest BCUT2D eigenvalue weighted by Gasteiger charge is 2.32. The minimum Gasteiger partial charge on any atom is -0.494 e. The largest absolute Gasteiger partial charge is 0.494 e. The molecule has 9 heteroatoms. The Hall–Kier alpha value is -5.25. The molecule has 0 saturated carbocycles. The first-order valence-electron chi connectivity index (χ1n) is 15.9. The van der Waals surface area contributed by atoms with Crippen molar-refractivity contribution in [2.75, 3.05) is 11.9 Å². The van der Waals surface area contributed by atoms with Crippen molar-refractivity contribution in [2.24, 2.45) is 4.99 Å². The van der Waals surface area contributed by atoms with Crippen molar-refractivity contribution in [1.29, 1.82) is 0 Å². The maximum Gasteiger partial charge on any atom is 0.271 e. The molecule has 1 aromatic heterocycles. The van der Waals surface area contributed by atoms with Crippen LogP contribution in [0.25, 0.3) is 16.8 Å². The minimum absolute atomic E-state index is 0.244. The normalized spacial score (nSPS) is 14.3. The summed E-state index contributed by atoms with van der Waals surface area (Å²) in [5, 5.41) is 5.00. The quantitative estimate of drug-likeness (QED) is 0.165. The maximum atomic E-state index is 14.5. The Morgan fingerprint density at radius 2 is 1.65 bits per heavy atom. The van der Waals surface area contributed by atoms with E-state index >= 15 is 0 Å².